The van der Waals surface area contributed by atoms with Crippen molar-refractivity contribution in [3.05, 3.63) is 29.6 Å². The number of fused-ring (bicyclic) bond motifs is 1. The molecule has 1 saturated carbocycles. The summed E-state index contributed by atoms with van der Waals surface area (Å²) in [5.41, 5.74) is 3.83. The molecule has 0 atom stereocenters. The smallest absolute Gasteiger partial charge is 0.138 e. The molecule has 3 rings (SSSR count). The molecule has 3 heteroatoms. The minimum absolute atomic E-state index is 0.641. The predicted octanol–water partition coefficient (Wildman–Crippen LogP) is 5.55. The highest BCUT2D eigenvalue weighted by Gasteiger charge is 2.24. The van der Waals surface area contributed by atoms with Gasteiger partial charge in [0.2, 0.25) is 0 Å². The van der Waals surface area contributed by atoms with Gasteiger partial charge in [-0.2, -0.15) is 0 Å². The molecule has 0 aliphatic heterocycles. The normalized spacial score (nSPS) is 16.1. The molecule has 0 saturated heterocycles. The summed E-state index contributed by atoms with van der Waals surface area (Å²) in [6.07, 6.45) is 11.4. The fraction of sp³-hybridized carbons (Fsp3) is 0.650. The molecule has 0 aromatic carbocycles. The second-order valence-corrected chi connectivity index (χ2v) is 6.92. The van der Waals surface area contributed by atoms with Crippen LogP contribution in [0.15, 0.2) is 18.2 Å². The summed E-state index contributed by atoms with van der Waals surface area (Å²) in [6, 6.07) is 6.58. The number of nitrogens with zero attached hydrogens (tertiary/aromatic N) is 2. The second-order valence-electron chi connectivity index (χ2n) is 6.92. The fourth-order valence-corrected chi connectivity index (χ4v) is 3.84. The Kier molecular flexibility index (Phi) is 5.58. The minimum atomic E-state index is 0.641. The molecule has 23 heavy (non-hydrogen) atoms. The Morgan fingerprint density at radius 2 is 1.96 bits per heavy atom. The summed E-state index contributed by atoms with van der Waals surface area (Å²) in [5.74, 6) is 1.92. The highest BCUT2D eigenvalue weighted by atomic mass is 15.1. The molecule has 3 nitrogen and oxygen atoms in total. The van der Waals surface area contributed by atoms with Crippen molar-refractivity contribution in [2.45, 2.75) is 77.6 Å². The van der Waals surface area contributed by atoms with Gasteiger partial charge in [0.05, 0.1) is 5.69 Å². The van der Waals surface area contributed by atoms with Gasteiger partial charge >= 0.3 is 0 Å². The van der Waals surface area contributed by atoms with Crippen LogP contribution >= 0.6 is 0 Å². The summed E-state index contributed by atoms with van der Waals surface area (Å²) in [6.45, 7) is 5.55. The standard InChI is InChI=1S/C20H31N3/c1-3-5-15-21-20-19(16-11-7-6-8-12-16)22-18-14-9-13-17(10-4-2)23(18)20/h9,13-14,16,21H,3-8,10-12,15H2,1-2H3. The first kappa shape index (κ1) is 16.4. The van der Waals surface area contributed by atoms with Crippen LogP contribution in [-0.4, -0.2) is 15.9 Å². The molecule has 126 valence electrons. The predicted molar refractivity (Wildman–Crippen MR) is 98.4 cm³/mol. The van der Waals surface area contributed by atoms with E-state index in [0.717, 1.165) is 18.6 Å². The Bertz CT molecular complexity index is 623. The third kappa shape index (κ3) is 3.54. The van der Waals surface area contributed by atoms with Crippen LogP contribution in [0.3, 0.4) is 0 Å². The van der Waals surface area contributed by atoms with Crippen LogP contribution in [0.1, 0.15) is 82.5 Å². The summed E-state index contributed by atoms with van der Waals surface area (Å²) in [5, 5.41) is 3.73. The number of nitrogens with one attached hydrogen (secondary N) is 1. The van der Waals surface area contributed by atoms with E-state index in [9.17, 15) is 0 Å². The topological polar surface area (TPSA) is 29.3 Å². The third-order valence-corrected chi connectivity index (χ3v) is 5.07. The maximum absolute atomic E-state index is 5.06. The highest BCUT2D eigenvalue weighted by Crippen LogP contribution is 2.37. The quantitative estimate of drug-likeness (QED) is 0.679. The average Bonchev–Trinajstić information content (AvgIpc) is 2.96. The van der Waals surface area contributed by atoms with Crippen molar-refractivity contribution in [1.29, 1.82) is 0 Å². The van der Waals surface area contributed by atoms with E-state index < -0.39 is 0 Å². The van der Waals surface area contributed by atoms with Crippen molar-refractivity contribution >= 4 is 11.5 Å². The van der Waals surface area contributed by atoms with Crippen LogP contribution in [-0.2, 0) is 6.42 Å². The number of aromatic nitrogens is 2. The van der Waals surface area contributed by atoms with Crippen LogP contribution in [0.25, 0.3) is 5.65 Å². The Balaban J connectivity index is 2.02. The van der Waals surface area contributed by atoms with Crippen LogP contribution in [0, 0.1) is 0 Å². The van der Waals surface area contributed by atoms with E-state index in [1.165, 1.54) is 68.6 Å². The zero-order chi connectivity index (χ0) is 16.1. The first-order valence-electron chi connectivity index (χ1n) is 9.59. The molecular formula is C20H31N3. The monoisotopic (exact) mass is 313 g/mol. The molecule has 0 spiro atoms. The van der Waals surface area contributed by atoms with Crippen LogP contribution in [0.2, 0.25) is 0 Å². The summed E-state index contributed by atoms with van der Waals surface area (Å²) in [4.78, 5) is 5.06. The van der Waals surface area contributed by atoms with Gasteiger partial charge in [-0.05, 0) is 37.8 Å². The van der Waals surface area contributed by atoms with Gasteiger partial charge in [-0.15, -0.1) is 0 Å². The van der Waals surface area contributed by atoms with Crippen LogP contribution in [0.5, 0.6) is 0 Å². The van der Waals surface area contributed by atoms with Gasteiger partial charge in [0.1, 0.15) is 11.5 Å². The largest absolute Gasteiger partial charge is 0.370 e. The van der Waals surface area contributed by atoms with Crippen molar-refractivity contribution in [3.8, 4) is 0 Å². The molecule has 2 aromatic rings. The van der Waals surface area contributed by atoms with Crippen molar-refractivity contribution in [1.82, 2.24) is 9.38 Å². The summed E-state index contributed by atoms with van der Waals surface area (Å²) < 4.78 is 2.39. The SMILES string of the molecule is CCCCNc1c(C2CCCCC2)nc2cccc(CCC)n12. The lowest BCUT2D eigenvalue weighted by molar-refractivity contribution is 0.438. The Hall–Kier alpha value is -1.51. The second kappa shape index (κ2) is 7.85. The maximum atomic E-state index is 5.06. The number of hydrogen-bond acceptors (Lipinski definition) is 2. The number of imidazole rings is 1. The van der Waals surface area contributed by atoms with Gasteiger partial charge in [0.15, 0.2) is 0 Å². The molecule has 1 fully saturated rings. The zero-order valence-corrected chi connectivity index (χ0v) is 14.8. The lowest BCUT2D eigenvalue weighted by Crippen LogP contribution is -2.11. The van der Waals surface area contributed by atoms with Gasteiger partial charge in [0, 0.05) is 18.2 Å². The molecule has 1 aliphatic carbocycles. The first-order chi connectivity index (χ1) is 11.3. The molecule has 0 unspecified atom stereocenters. The molecule has 0 bridgehead atoms. The maximum Gasteiger partial charge on any atom is 0.138 e. The van der Waals surface area contributed by atoms with Crippen molar-refractivity contribution < 1.29 is 0 Å². The third-order valence-electron chi connectivity index (χ3n) is 5.07. The van der Waals surface area contributed by atoms with Gasteiger partial charge in [0.25, 0.3) is 0 Å². The number of pyridine rings is 1. The Morgan fingerprint density at radius 3 is 2.70 bits per heavy atom. The molecule has 1 aliphatic rings. The molecule has 2 aromatic heterocycles. The number of hydrogen-bond donors (Lipinski definition) is 1. The average molecular weight is 313 g/mol. The lowest BCUT2D eigenvalue weighted by atomic mass is 9.87. The number of aryl methyl sites for hydroxylation is 1. The van der Waals surface area contributed by atoms with Gasteiger partial charge in [-0.1, -0.05) is 52.0 Å². The van der Waals surface area contributed by atoms with E-state index in [1.807, 2.05) is 0 Å². The number of rotatable bonds is 7. The van der Waals surface area contributed by atoms with Crippen molar-refractivity contribution in [2.24, 2.45) is 0 Å². The molecule has 1 N–H and O–H groups in total. The van der Waals surface area contributed by atoms with E-state index in [4.69, 9.17) is 4.98 Å². The van der Waals surface area contributed by atoms with E-state index in [2.05, 4.69) is 41.8 Å². The fourth-order valence-electron chi connectivity index (χ4n) is 3.84. The molecular weight excluding hydrogens is 282 g/mol. The minimum Gasteiger partial charge on any atom is -0.370 e. The Labute approximate surface area is 140 Å². The van der Waals surface area contributed by atoms with E-state index in [-0.39, 0.29) is 0 Å². The van der Waals surface area contributed by atoms with Crippen LogP contribution < -0.4 is 5.32 Å². The van der Waals surface area contributed by atoms with Gasteiger partial charge in [-0.25, -0.2) is 4.98 Å². The molecule has 2 heterocycles. The number of unbranched alkanes of at least 4 members (excludes halogenated alkanes) is 1. The van der Waals surface area contributed by atoms with E-state index >= 15 is 0 Å². The van der Waals surface area contributed by atoms with Gasteiger partial charge < -0.3 is 5.32 Å². The van der Waals surface area contributed by atoms with Gasteiger partial charge in [-0.3, -0.25) is 4.40 Å². The zero-order valence-electron chi connectivity index (χ0n) is 14.8. The Morgan fingerprint density at radius 1 is 1.13 bits per heavy atom. The van der Waals surface area contributed by atoms with E-state index in [1.54, 1.807) is 0 Å². The summed E-state index contributed by atoms with van der Waals surface area (Å²) >= 11 is 0. The lowest BCUT2D eigenvalue weighted by Gasteiger charge is -2.21. The molecule has 0 radical (unpaired) electrons. The highest BCUT2D eigenvalue weighted by molar-refractivity contribution is 5.58. The summed E-state index contributed by atoms with van der Waals surface area (Å²) in [7, 11) is 0. The van der Waals surface area contributed by atoms with Crippen LogP contribution in [0.4, 0.5) is 5.82 Å². The van der Waals surface area contributed by atoms with Crippen molar-refractivity contribution in [3.63, 3.8) is 0 Å². The van der Waals surface area contributed by atoms with Crippen molar-refractivity contribution in [2.75, 3.05) is 11.9 Å². The molecule has 0 amide bonds. The first-order valence-corrected chi connectivity index (χ1v) is 9.59. The number of anilines is 1. The van der Waals surface area contributed by atoms with E-state index in [0.29, 0.717) is 5.92 Å².